The van der Waals surface area contributed by atoms with Gasteiger partial charge in [0.25, 0.3) is 0 Å². The van der Waals surface area contributed by atoms with E-state index in [-0.39, 0.29) is 29.5 Å². The first-order valence-electron chi connectivity index (χ1n) is 5.72. The molecule has 0 fully saturated rings. The van der Waals surface area contributed by atoms with Crippen LogP contribution in [0.4, 0.5) is 14.5 Å². The molecular weight excluding hydrogens is 310 g/mol. The largest absolute Gasteiger partial charge is 0.480 e. The first kappa shape index (κ1) is 17.1. The van der Waals surface area contributed by atoms with Gasteiger partial charge in [0, 0.05) is 5.69 Å². The van der Waals surface area contributed by atoms with E-state index in [0.717, 1.165) is 0 Å². The number of carboxylic acid groups (broad SMARTS) is 1. The van der Waals surface area contributed by atoms with Gasteiger partial charge in [-0.15, -0.1) is 0 Å². The number of carbonyl (C=O) groups is 2. The molecule has 0 bridgehead atoms. The van der Waals surface area contributed by atoms with Crippen molar-refractivity contribution in [3.8, 4) is 5.75 Å². The molecule has 9 heteroatoms. The summed E-state index contributed by atoms with van der Waals surface area (Å²) in [5, 5.41) is 10.9. The lowest BCUT2D eigenvalue weighted by Gasteiger charge is -2.14. The normalized spacial score (nSPS) is 10.8. The molecule has 1 amide bonds. The molecule has 0 aliphatic heterocycles. The maximum absolute atomic E-state index is 12.1. The lowest BCUT2D eigenvalue weighted by Crippen LogP contribution is -2.33. The van der Waals surface area contributed by atoms with Crippen molar-refractivity contribution >= 4 is 29.2 Å². The zero-order valence-corrected chi connectivity index (χ0v) is 11.7. The highest BCUT2D eigenvalue weighted by atomic mass is 35.5. The molecule has 0 saturated heterocycles. The summed E-state index contributed by atoms with van der Waals surface area (Å²) in [5.74, 6) is -1.72. The second kappa shape index (κ2) is 7.75. The number of hydrogen-bond donors (Lipinski definition) is 2. The van der Waals surface area contributed by atoms with Crippen LogP contribution in [0.15, 0.2) is 18.2 Å². The van der Waals surface area contributed by atoms with E-state index in [1.54, 1.807) is 0 Å². The minimum Gasteiger partial charge on any atom is -0.480 e. The van der Waals surface area contributed by atoms with Crippen LogP contribution in [0.3, 0.4) is 0 Å². The van der Waals surface area contributed by atoms with Crippen LogP contribution >= 0.6 is 11.6 Å². The molecule has 0 heterocycles. The fourth-order valence-corrected chi connectivity index (χ4v) is 1.73. The van der Waals surface area contributed by atoms with E-state index in [9.17, 15) is 18.4 Å². The highest BCUT2D eigenvalue weighted by molar-refractivity contribution is 6.32. The van der Waals surface area contributed by atoms with Crippen molar-refractivity contribution in [2.45, 2.75) is 6.61 Å². The lowest BCUT2D eigenvalue weighted by molar-refractivity contribution is -0.138. The number of amides is 1. The zero-order valence-electron chi connectivity index (χ0n) is 11.0. The van der Waals surface area contributed by atoms with Gasteiger partial charge in [0.15, 0.2) is 0 Å². The topological polar surface area (TPSA) is 78.9 Å². The van der Waals surface area contributed by atoms with Crippen molar-refractivity contribution < 1.29 is 28.2 Å². The third kappa shape index (κ3) is 6.37. The second-order valence-electron chi connectivity index (χ2n) is 4.14. The standard InChI is InChI=1S/C12H13ClF2N2O4/c1-17(6-11(19)20)5-10(18)16-7-2-3-9(8(13)4-7)21-12(14)15/h2-4,12H,5-6H2,1H3,(H,16,18)(H,19,20). The predicted octanol–water partition coefficient (Wildman–Crippen LogP) is 1.90. The zero-order chi connectivity index (χ0) is 16.0. The number of nitrogens with zero attached hydrogens (tertiary/aromatic N) is 1. The third-order valence-electron chi connectivity index (χ3n) is 2.25. The van der Waals surface area contributed by atoms with Crippen LogP contribution in [0.25, 0.3) is 0 Å². The fourth-order valence-electron chi connectivity index (χ4n) is 1.50. The summed E-state index contributed by atoms with van der Waals surface area (Å²) in [4.78, 5) is 23.4. The Hall–Kier alpha value is -1.93. The Kier molecular flexibility index (Phi) is 6.32. The summed E-state index contributed by atoms with van der Waals surface area (Å²) in [6.07, 6.45) is 0. The highest BCUT2D eigenvalue weighted by Gasteiger charge is 2.12. The lowest BCUT2D eigenvalue weighted by atomic mass is 10.3. The smallest absolute Gasteiger partial charge is 0.387 e. The molecular formula is C12H13ClF2N2O4. The summed E-state index contributed by atoms with van der Waals surface area (Å²) >= 11 is 5.73. The van der Waals surface area contributed by atoms with Crippen LogP contribution in [-0.2, 0) is 9.59 Å². The molecule has 116 valence electrons. The van der Waals surface area contributed by atoms with Gasteiger partial charge in [-0.2, -0.15) is 8.78 Å². The van der Waals surface area contributed by atoms with Crippen molar-refractivity contribution in [3.05, 3.63) is 23.2 Å². The molecule has 1 rings (SSSR count). The van der Waals surface area contributed by atoms with Gasteiger partial charge < -0.3 is 15.2 Å². The Labute approximate surface area is 124 Å². The van der Waals surface area contributed by atoms with E-state index >= 15 is 0 Å². The molecule has 0 atom stereocenters. The molecule has 0 unspecified atom stereocenters. The van der Waals surface area contributed by atoms with E-state index < -0.39 is 18.5 Å². The average Bonchev–Trinajstić information content (AvgIpc) is 2.30. The van der Waals surface area contributed by atoms with Gasteiger partial charge in [0.1, 0.15) is 5.75 Å². The van der Waals surface area contributed by atoms with Crippen LogP contribution < -0.4 is 10.1 Å². The van der Waals surface area contributed by atoms with E-state index in [1.807, 2.05) is 0 Å². The molecule has 2 N–H and O–H groups in total. The Morgan fingerprint density at radius 2 is 2.10 bits per heavy atom. The van der Waals surface area contributed by atoms with Gasteiger partial charge in [0.05, 0.1) is 18.1 Å². The maximum Gasteiger partial charge on any atom is 0.387 e. The second-order valence-corrected chi connectivity index (χ2v) is 4.55. The number of likely N-dealkylation sites (N-methyl/N-ethyl adjacent to an activating group) is 1. The predicted molar refractivity (Wildman–Crippen MR) is 71.8 cm³/mol. The van der Waals surface area contributed by atoms with Gasteiger partial charge in [-0.1, -0.05) is 11.6 Å². The van der Waals surface area contributed by atoms with E-state index in [4.69, 9.17) is 16.7 Å². The van der Waals surface area contributed by atoms with E-state index in [2.05, 4.69) is 10.1 Å². The van der Waals surface area contributed by atoms with E-state index in [0.29, 0.717) is 0 Å². The molecule has 0 saturated carbocycles. The van der Waals surface area contributed by atoms with Crippen molar-refractivity contribution in [2.24, 2.45) is 0 Å². The Bertz CT molecular complexity index is 528. The quantitative estimate of drug-likeness (QED) is 0.801. The summed E-state index contributed by atoms with van der Waals surface area (Å²) in [6, 6.07) is 3.80. The maximum atomic E-state index is 12.1. The molecule has 1 aromatic carbocycles. The van der Waals surface area contributed by atoms with Crippen LogP contribution in [-0.4, -0.2) is 48.6 Å². The number of rotatable bonds is 7. The van der Waals surface area contributed by atoms with E-state index in [1.165, 1.54) is 30.1 Å². The minimum absolute atomic E-state index is 0.0769. The number of carboxylic acids is 1. The number of benzene rings is 1. The number of aliphatic carboxylic acids is 1. The van der Waals surface area contributed by atoms with Crippen molar-refractivity contribution in [1.29, 1.82) is 0 Å². The molecule has 1 aromatic rings. The summed E-state index contributed by atoms with van der Waals surface area (Å²) in [7, 11) is 1.47. The van der Waals surface area contributed by atoms with Gasteiger partial charge in [0.2, 0.25) is 5.91 Å². The molecule has 0 spiro atoms. The Balaban J connectivity index is 2.60. The van der Waals surface area contributed by atoms with Crippen LogP contribution in [0.2, 0.25) is 5.02 Å². The fraction of sp³-hybridized carbons (Fsp3) is 0.333. The van der Waals surface area contributed by atoms with Crippen molar-refractivity contribution in [2.75, 3.05) is 25.5 Å². The molecule has 21 heavy (non-hydrogen) atoms. The van der Waals surface area contributed by atoms with Crippen LogP contribution in [0, 0.1) is 0 Å². The monoisotopic (exact) mass is 322 g/mol. The summed E-state index contributed by atoms with van der Waals surface area (Å²) in [6.45, 7) is -3.42. The molecule has 0 aromatic heterocycles. The summed E-state index contributed by atoms with van der Waals surface area (Å²) < 4.78 is 28.3. The van der Waals surface area contributed by atoms with Gasteiger partial charge in [-0.3, -0.25) is 14.5 Å². The first-order chi connectivity index (χ1) is 9.77. The first-order valence-corrected chi connectivity index (χ1v) is 6.10. The third-order valence-corrected chi connectivity index (χ3v) is 2.55. The Morgan fingerprint density at radius 1 is 1.43 bits per heavy atom. The van der Waals surface area contributed by atoms with Crippen LogP contribution in [0.1, 0.15) is 0 Å². The highest BCUT2D eigenvalue weighted by Crippen LogP contribution is 2.28. The number of nitrogens with one attached hydrogen (secondary N) is 1. The van der Waals surface area contributed by atoms with Gasteiger partial charge >= 0.3 is 12.6 Å². The average molecular weight is 323 g/mol. The number of anilines is 1. The SMILES string of the molecule is CN(CC(=O)O)CC(=O)Nc1ccc(OC(F)F)c(Cl)c1. The number of carbonyl (C=O) groups excluding carboxylic acids is 1. The van der Waals surface area contributed by atoms with Crippen molar-refractivity contribution in [1.82, 2.24) is 4.90 Å². The number of halogens is 3. The number of alkyl halides is 2. The Morgan fingerprint density at radius 3 is 2.62 bits per heavy atom. The van der Waals surface area contributed by atoms with Crippen molar-refractivity contribution in [3.63, 3.8) is 0 Å². The number of hydrogen-bond acceptors (Lipinski definition) is 4. The minimum atomic E-state index is -2.99. The van der Waals surface area contributed by atoms with Gasteiger partial charge in [-0.05, 0) is 25.2 Å². The molecule has 0 aliphatic rings. The summed E-state index contributed by atoms with van der Waals surface area (Å²) in [5.41, 5.74) is 0.287. The molecule has 6 nitrogen and oxygen atoms in total. The van der Waals surface area contributed by atoms with Gasteiger partial charge in [-0.25, -0.2) is 0 Å². The molecule has 0 aliphatic carbocycles. The van der Waals surface area contributed by atoms with Crippen LogP contribution in [0.5, 0.6) is 5.75 Å². The number of ether oxygens (including phenoxy) is 1. The molecule has 0 radical (unpaired) electrons.